The molecular weight excluding hydrogens is 274 g/mol. The molecular formula is C14H29N3O2S. The van der Waals surface area contributed by atoms with Crippen molar-refractivity contribution < 1.29 is 8.42 Å². The molecule has 118 valence electrons. The van der Waals surface area contributed by atoms with Gasteiger partial charge in [-0.2, -0.15) is 0 Å². The molecule has 1 aliphatic carbocycles. The van der Waals surface area contributed by atoms with Crippen molar-refractivity contribution >= 4 is 10.0 Å². The van der Waals surface area contributed by atoms with Gasteiger partial charge in [-0.15, -0.1) is 0 Å². The third-order valence-electron chi connectivity index (χ3n) is 5.13. The molecule has 2 rings (SSSR count). The first-order chi connectivity index (χ1) is 9.36. The van der Waals surface area contributed by atoms with Gasteiger partial charge in [-0.1, -0.05) is 0 Å². The first kappa shape index (κ1) is 16.2. The van der Waals surface area contributed by atoms with Crippen LogP contribution in [0.3, 0.4) is 0 Å². The van der Waals surface area contributed by atoms with Crippen LogP contribution in [0.5, 0.6) is 0 Å². The minimum absolute atomic E-state index is 0.0654. The van der Waals surface area contributed by atoms with Gasteiger partial charge in [-0.3, -0.25) is 0 Å². The van der Waals surface area contributed by atoms with Gasteiger partial charge in [0.1, 0.15) is 0 Å². The Labute approximate surface area is 123 Å². The zero-order valence-electron chi connectivity index (χ0n) is 13.1. The van der Waals surface area contributed by atoms with Gasteiger partial charge in [0.25, 0.3) is 0 Å². The summed E-state index contributed by atoms with van der Waals surface area (Å²) in [7, 11) is 2.75. The van der Waals surface area contributed by atoms with E-state index < -0.39 is 10.0 Å². The van der Waals surface area contributed by atoms with Crippen molar-refractivity contribution in [2.45, 2.75) is 37.6 Å². The molecule has 0 atom stereocenters. The van der Waals surface area contributed by atoms with Gasteiger partial charge in [0, 0.05) is 19.1 Å². The van der Waals surface area contributed by atoms with Gasteiger partial charge in [0.05, 0.1) is 5.75 Å². The molecule has 0 bridgehead atoms. The summed E-state index contributed by atoms with van der Waals surface area (Å²) in [6.45, 7) is 2.53. The largest absolute Gasteiger partial charge is 0.317 e. The minimum Gasteiger partial charge on any atom is -0.317 e. The molecule has 2 aliphatic rings. The number of nitrogens with zero attached hydrogens (tertiary/aromatic N) is 2. The van der Waals surface area contributed by atoms with Crippen molar-refractivity contribution in [2.24, 2.45) is 5.92 Å². The van der Waals surface area contributed by atoms with Crippen molar-refractivity contribution in [3.8, 4) is 0 Å². The van der Waals surface area contributed by atoms with Crippen molar-refractivity contribution in [3.05, 3.63) is 0 Å². The summed E-state index contributed by atoms with van der Waals surface area (Å²) in [6.07, 6.45) is 5.37. The van der Waals surface area contributed by atoms with E-state index in [1.54, 1.807) is 11.4 Å². The summed E-state index contributed by atoms with van der Waals surface area (Å²) < 4.78 is 26.7. The van der Waals surface area contributed by atoms with Crippen LogP contribution in [-0.4, -0.2) is 69.7 Å². The molecule has 1 saturated carbocycles. The van der Waals surface area contributed by atoms with Gasteiger partial charge in [0.2, 0.25) is 10.0 Å². The monoisotopic (exact) mass is 303 g/mol. The SMILES string of the molecule is CN(C)C1(CN(C)S(=O)(=O)CC2CCNCC2)CCC1. The Morgan fingerprint density at radius 2 is 1.75 bits per heavy atom. The zero-order valence-corrected chi connectivity index (χ0v) is 13.9. The van der Waals surface area contributed by atoms with Gasteiger partial charge < -0.3 is 10.2 Å². The summed E-state index contributed by atoms with van der Waals surface area (Å²) in [4.78, 5) is 2.20. The fraction of sp³-hybridized carbons (Fsp3) is 1.00. The third kappa shape index (κ3) is 3.53. The Balaban J connectivity index is 1.94. The van der Waals surface area contributed by atoms with E-state index in [0.29, 0.717) is 18.2 Å². The Morgan fingerprint density at radius 3 is 2.20 bits per heavy atom. The summed E-state index contributed by atoms with van der Waals surface area (Å²) >= 11 is 0. The summed E-state index contributed by atoms with van der Waals surface area (Å²) in [6, 6.07) is 0. The topological polar surface area (TPSA) is 52.7 Å². The Hall–Kier alpha value is -0.170. The molecule has 6 heteroatoms. The predicted molar refractivity (Wildman–Crippen MR) is 82.3 cm³/mol. The molecule has 1 saturated heterocycles. The van der Waals surface area contributed by atoms with Gasteiger partial charge >= 0.3 is 0 Å². The second kappa shape index (κ2) is 6.30. The first-order valence-electron chi connectivity index (χ1n) is 7.68. The lowest BCUT2D eigenvalue weighted by atomic mass is 9.75. The van der Waals surface area contributed by atoms with E-state index in [-0.39, 0.29) is 5.54 Å². The fourth-order valence-electron chi connectivity index (χ4n) is 3.32. The molecule has 0 aromatic heterocycles. The minimum atomic E-state index is -3.12. The number of hydrogen-bond acceptors (Lipinski definition) is 4. The molecule has 1 aliphatic heterocycles. The van der Waals surface area contributed by atoms with Crippen LogP contribution < -0.4 is 5.32 Å². The molecule has 1 N–H and O–H groups in total. The molecule has 5 nitrogen and oxygen atoms in total. The number of piperidine rings is 1. The van der Waals surface area contributed by atoms with Crippen molar-refractivity contribution in [3.63, 3.8) is 0 Å². The quantitative estimate of drug-likeness (QED) is 0.786. The first-order valence-corrected chi connectivity index (χ1v) is 9.29. The second-order valence-corrected chi connectivity index (χ2v) is 8.82. The van der Waals surface area contributed by atoms with Crippen LogP contribution in [0.25, 0.3) is 0 Å². The smallest absolute Gasteiger partial charge is 0.214 e. The summed E-state index contributed by atoms with van der Waals surface area (Å²) in [5.41, 5.74) is 0.0654. The van der Waals surface area contributed by atoms with E-state index in [0.717, 1.165) is 38.8 Å². The summed E-state index contributed by atoms with van der Waals surface area (Å²) in [5, 5.41) is 3.29. The van der Waals surface area contributed by atoms with E-state index in [2.05, 4.69) is 24.3 Å². The molecule has 2 fully saturated rings. The molecule has 0 amide bonds. The maximum Gasteiger partial charge on any atom is 0.214 e. The van der Waals surface area contributed by atoms with Crippen LogP contribution in [0.15, 0.2) is 0 Å². The average molecular weight is 303 g/mol. The highest BCUT2D eigenvalue weighted by Crippen LogP contribution is 2.37. The molecule has 20 heavy (non-hydrogen) atoms. The number of rotatable bonds is 6. The maximum atomic E-state index is 12.5. The van der Waals surface area contributed by atoms with E-state index in [1.807, 2.05) is 0 Å². The Morgan fingerprint density at radius 1 is 1.15 bits per heavy atom. The lowest BCUT2D eigenvalue weighted by Gasteiger charge is -2.49. The lowest BCUT2D eigenvalue weighted by molar-refractivity contribution is 0.0454. The van der Waals surface area contributed by atoms with Gasteiger partial charge in [-0.25, -0.2) is 12.7 Å². The normalized spacial score (nSPS) is 24.1. The Bertz CT molecular complexity index is 412. The van der Waals surface area contributed by atoms with Crippen molar-refractivity contribution in [1.29, 1.82) is 0 Å². The number of nitrogens with one attached hydrogen (secondary N) is 1. The summed E-state index contributed by atoms with van der Waals surface area (Å²) in [5.74, 6) is 0.634. The van der Waals surface area contributed by atoms with E-state index in [4.69, 9.17) is 0 Å². The maximum absolute atomic E-state index is 12.5. The Kier molecular flexibility index (Phi) is 5.10. The zero-order chi connectivity index (χ0) is 14.8. The molecule has 0 aromatic rings. The number of likely N-dealkylation sites (N-methyl/N-ethyl adjacent to an activating group) is 2. The van der Waals surface area contributed by atoms with Crippen molar-refractivity contribution in [1.82, 2.24) is 14.5 Å². The van der Waals surface area contributed by atoms with Crippen LogP contribution in [0, 0.1) is 5.92 Å². The molecule has 0 spiro atoms. The van der Waals surface area contributed by atoms with Crippen LogP contribution in [-0.2, 0) is 10.0 Å². The average Bonchev–Trinajstić information content (AvgIpc) is 2.33. The van der Waals surface area contributed by atoms with Gasteiger partial charge in [0.15, 0.2) is 0 Å². The van der Waals surface area contributed by atoms with E-state index in [9.17, 15) is 8.42 Å². The molecule has 0 unspecified atom stereocenters. The number of hydrogen-bond donors (Lipinski definition) is 1. The lowest BCUT2D eigenvalue weighted by Crippen LogP contribution is -2.57. The third-order valence-corrected chi connectivity index (χ3v) is 7.10. The standard InChI is InChI=1S/C14H29N3O2S/c1-16(2)14(7-4-8-14)12-17(3)20(18,19)11-13-5-9-15-10-6-13/h13,15H,4-12H2,1-3H3. The van der Waals surface area contributed by atoms with Crippen LogP contribution in [0.1, 0.15) is 32.1 Å². The molecule has 0 aromatic carbocycles. The molecule has 0 radical (unpaired) electrons. The van der Waals surface area contributed by atoms with E-state index in [1.165, 1.54) is 6.42 Å². The van der Waals surface area contributed by atoms with Gasteiger partial charge in [-0.05, 0) is 65.2 Å². The second-order valence-electron chi connectivity index (χ2n) is 6.70. The van der Waals surface area contributed by atoms with Crippen LogP contribution in [0.4, 0.5) is 0 Å². The highest BCUT2D eigenvalue weighted by Gasteiger charge is 2.42. The highest BCUT2D eigenvalue weighted by atomic mass is 32.2. The van der Waals surface area contributed by atoms with Crippen LogP contribution in [0.2, 0.25) is 0 Å². The number of sulfonamides is 1. The fourth-order valence-corrected chi connectivity index (χ4v) is 4.94. The highest BCUT2D eigenvalue weighted by molar-refractivity contribution is 7.89. The molecule has 1 heterocycles. The van der Waals surface area contributed by atoms with Crippen LogP contribution >= 0.6 is 0 Å². The predicted octanol–water partition coefficient (Wildman–Crippen LogP) is 0.732. The van der Waals surface area contributed by atoms with Crippen molar-refractivity contribution in [2.75, 3.05) is 46.5 Å². The van der Waals surface area contributed by atoms with E-state index >= 15 is 0 Å².